The lowest BCUT2D eigenvalue weighted by Crippen LogP contribution is -2.42. The Morgan fingerprint density at radius 1 is 1.02 bits per heavy atom. The molecule has 214 valence electrons. The Bertz CT molecular complexity index is 1590. The monoisotopic (exact) mass is 560 g/mol. The molecule has 13 nitrogen and oxygen atoms in total. The van der Waals surface area contributed by atoms with E-state index in [0.29, 0.717) is 41.1 Å². The van der Waals surface area contributed by atoms with Gasteiger partial charge in [-0.2, -0.15) is 5.10 Å². The Morgan fingerprint density at radius 3 is 2.44 bits per heavy atom. The van der Waals surface area contributed by atoms with Gasteiger partial charge < -0.3 is 15.0 Å². The number of hydrogen-bond acceptors (Lipinski definition) is 7. The summed E-state index contributed by atoms with van der Waals surface area (Å²) in [6, 6.07) is 13.9. The van der Waals surface area contributed by atoms with Crippen LogP contribution in [0.25, 0.3) is 11.0 Å². The van der Waals surface area contributed by atoms with Crippen LogP contribution in [0.5, 0.6) is 5.75 Å². The second kappa shape index (κ2) is 12.8. The fraction of sp³-hybridized carbons (Fsp3) is 0.286. The maximum Gasteiger partial charge on any atom is 0.276 e. The number of primary amides is 1. The van der Waals surface area contributed by atoms with E-state index in [2.05, 4.69) is 26.3 Å². The van der Waals surface area contributed by atoms with Crippen LogP contribution in [0.1, 0.15) is 51.9 Å². The summed E-state index contributed by atoms with van der Waals surface area (Å²) in [5.41, 5.74) is 13.3. The van der Waals surface area contributed by atoms with Gasteiger partial charge in [0.25, 0.3) is 5.91 Å². The number of ether oxygens (including phenoxy) is 1. The van der Waals surface area contributed by atoms with E-state index in [0.717, 1.165) is 5.56 Å². The van der Waals surface area contributed by atoms with Gasteiger partial charge in [-0.25, -0.2) is 4.98 Å². The van der Waals surface area contributed by atoms with Crippen LogP contribution in [0, 0.1) is 6.92 Å². The number of nitrogens with zero attached hydrogens (tertiary/aromatic N) is 4. The molecule has 13 heteroatoms. The van der Waals surface area contributed by atoms with Crippen molar-refractivity contribution < 1.29 is 23.9 Å². The molecule has 0 unspecified atom stereocenters. The van der Waals surface area contributed by atoms with Crippen molar-refractivity contribution in [1.29, 1.82) is 0 Å². The predicted molar refractivity (Wildman–Crippen MR) is 151 cm³/mol. The second-order valence-corrected chi connectivity index (χ2v) is 9.30. The number of aromatic nitrogens is 4. The third-order valence-electron chi connectivity index (χ3n) is 6.31. The Kier molecular flexibility index (Phi) is 8.97. The molecule has 0 fully saturated rings. The van der Waals surface area contributed by atoms with Crippen molar-refractivity contribution in [2.24, 2.45) is 5.73 Å². The summed E-state index contributed by atoms with van der Waals surface area (Å²) in [7, 11) is 1.45. The number of hydrazine groups is 1. The fourth-order valence-corrected chi connectivity index (χ4v) is 4.40. The molecule has 0 saturated carbocycles. The number of methoxy groups -OCH3 is 1. The van der Waals surface area contributed by atoms with Crippen molar-refractivity contribution >= 4 is 40.6 Å². The molecule has 0 radical (unpaired) electrons. The molecule has 0 spiro atoms. The molecule has 41 heavy (non-hydrogen) atoms. The van der Waals surface area contributed by atoms with E-state index in [1.807, 2.05) is 37.3 Å². The third-order valence-corrected chi connectivity index (χ3v) is 6.31. The summed E-state index contributed by atoms with van der Waals surface area (Å²) in [6.45, 7) is 4.43. The van der Waals surface area contributed by atoms with Crippen LogP contribution in [0.3, 0.4) is 0 Å². The molecule has 2 heterocycles. The zero-order chi connectivity index (χ0) is 29.5. The van der Waals surface area contributed by atoms with Crippen molar-refractivity contribution in [2.45, 2.75) is 46.2 Å². The van der Waals surface area contributed by atoms with Crippen molar-refractivity contribution in [1.82, 2.24) is 30.2 Å². The maximum atomic E-state index is 13.2. The van der Waals surface area contributed by atoms with Crippen LogP contribution >= 0.6 is 0 Å². The van der Waals surface area contributed by atoms with Crippen LogP contribution in [-0.2, 0) is 29.1 Å². The highest BCUT2D eigenvalue weighted by molar-refractivity contribution is 6.04. The van der Waals surface area contributed by atoms with Gasteiger partial charge in [-0.3, -0.25) is 40.0 Å². The predicted octanol–water partition coefficient (Wildman–Crippen LogP) is 2.09. The lowest BCUT2D eigenvalue weighted by molar-refractivity contribution is -0.128. The number of hydrogen-bond donors (Lipinski definition) is 4. The van der Waals surface area contributed by atoms with Crippen LogP contribution in [0.2, 0.25) is 0 Å². The van der Waals surface area contributed by atoms with Crippen molar-refractivity contribution in [2.75, 3.05) is 12.4 Å². The normalized spacial score (nSPS) is 10.8. The van der Waals surface area contributed by atoms with E-state index in [9.17, 15) is 19.2 Å². The van der Waals surface area contributed by atoms with Gasteiger partial charge >= 0.3 is 0 Å². The van der Waals surface area contributed by atoms with Gasteiger partial charge in [0.1, 0.15) is 17.0 Å². The van der Waals surface area contributed by atoms with Gasteiger partial charge in [0.05, 0.1) is 24.7 Å². The van der Waals surface area contributed by atoms with Gasteiger partial charge in [0.15, 0.2) is 0 Å². The number of anilines is 1. The van der Waals surface area contributed by atoms with Gasteiger partial charge in [0.2, 0.25) is 23.7 Å². The van der Waals surface area contributed by atoms with E-state index in [1.54, 1.807) is 22.2 Å². The molecular formula is C28H32N8O5. The first kappa shape index (κ1) is 28.8. The molecule has 2 aromatic carbocycles. The van der Waals surface area contributed by atoms with Crippen molar-refractivity contribution in [3.63, 3.8) is 0 Å². The minimum absolute atomic E-state index is 0.0716. The fourth-order valence-electron chi connectivity index (χ4n) is 4.40. The van der Waals surface area contributed by atoms with Crippen LogP contribution in [0.4, 0.5) is 5.95 Å². The number of imidazole rings is 1. The SMILES string of the molecule is CCn1nc(C)cc1C(=O)Nc1nc2cc(C(N)=O)cc(OC)c2n1CCCC(=O)NNC(=O)Cc1ccccc1. The lowest BCUT2D eigenvalue weighted by atomic mass is 10.1. The average molecular weight is 561 g/mol. The molecule has 4 rings (SSSR count). The zero-order valence-corrected chi connectivity index (χ0v) is 23.1. The summed E-state index contributed by atoms with van der Waals surface area (Å²) in [6.07, 6.45) is 0.540. The minimum atomic E-state index is -0.654. The smallest absolute Gasteiger partial charge is 0.276 e. The standard InChI is InChI=1S/C28H32N8O5/c1-4-36-21(13-17(2)34-36)27(40)31-28-30-20-15-19(26(29)39)16-22(41-3)25(20)35(28)12-8-11-23(37)32-33-24(38)14-18-9-6-5-7-10-18/h5-7,9-10,13,15-16H,4,8,11-12,14H2,1-3H3,(H2,29,39)(H,32,37)(H,33,38)(H,30,31,40). The summed E-state index contributed by atoms with van der Waals surface area (Å²) < 4.78 is 8.81. The molecule has 0 aliphatic rings. The van der Waals surface area contributed by atoms with E-state index in [-0.39, 0.29) is 42.7 Å². The molecule has 0 aliphatic carbocycles. The molecule has 2 aromatic heterocycles. The number of benzene rings is 2. The van der Waals surface area contributed by atoms with Crippen LogP contribution in [-0.4, -0.2) is 50.1 Å². The quantitative estimate of drug-likeness (QED) is 0.203. The summed E-state index contributed by atoms with van der Waals surface area (Å²) in [5.74, 6) is -1.27. The highest BCUT2D eigenvalue weighted by Crippen LogP contribution is 2.31. The number of carbonyl (C=O) groups is 4. The first-order valence-corrected chi connectivity index (χ1v) is 13.1. The Hall–Kier alpha value is -5.20. The number of aryl methyl sites for hydroxylation is 3. The van der Waals surface area contributed by atoms with Gasteiger partial charge in [-0.05, 0) is 44.0 Å². The highest BCUT2D eigenvalue weighted by Gasteiger charge is 2.21. The van der Waals surface area contributed by atoms with E-state index < -0.39 is 11.8 Å². The number of nitrogens with one attached hydrogen (secondary N) is 3. The van der Waals surface area contributed by atoms with Gasteiger partial charge in [-0.15, -0.1) is 0 Å². The highest BCUT2D eigenvalue weighted by atomic mass is 16.5. The molecule has 0 bridgehead atoms. The number of fused-ring (bicyclic) bond motifs is 1. The van der Waals surface area contributed by atoms with E-state index in [1.165, 1.54) is 19.2 Å². The first-order chi connectivity index (χ1) is 19.7. The van der Waals surface area contributed by atoms with Gasteiger partial charge in [0, 0.05) is 25.1 Å². The number of nitrogens with two attached hydrogens (primary N) is 1. The van der Waals surface area contributed by atoms with Gasteiger partial charge in [-0.1, -0.05) is 30.3 Å². The lowest BCUT2D eigenvalue weighted by Gasteiger charge is -2.13. The summed E-state index contributed by atoms with van der Waals surface area (Å²) in [5, 5.41) is 7.15. The largest absolute Gasteiger partial charge is 0.494 e. The second-order valence-electron chi connectivity index (χ2n) is 9.30. The number of carbonyl (C=O) groups excluding carboxylic acids is 4. The molecule has 5 N–H and O–H groups in total. The minimum Gasteiger partial charge on any atom is -0.494 e. The maximum absolute atomic E-state index is 13.2. The Morgan fingerprint density at radius 2 is 1.76 bits per heavy atom. The average Bonchev–Trinajstić information content (AvgIpc) is 3.51. The molecule has 0 aliphatic heterocycles. The number of rotatable bonds is 11. The molecule has 0 saturated heterocycles. The summed E-state index contributed by atoms with van der Waals surface area (Å²) >= 11 is 0. The molecule has 4 amide bonds. The van der Waals surface area contributed by atoms with Crippen molar-refractivity contribution in [3.05, 3.63) is 71.0 Å². The Labute approximate surface area is 236 Å². The third kappa shape index (κ3) is 6.87. The van der Waals surface area contributed by atoms with Crippen LogP contribution in [0.15, 0.2) is 48.5 Å². The van der Waals surface area contributed by atoms with Crippen LogP contribution < -0.4 is 26.6 Å². The summed E-state index contributed by atoms with van der Waals surface area (Å²) in [4.78, 5) is 54.2. The molecular weight excluding hydrogens is 528 g/mol. The van der Waals surface area contributed by atoms with E-state index >= 15 is 0 Å². The Balaban J connectivity index is 1.51. The molecule has 4 aromatic rings. The van der Waals surface area contributed by atoms with Crippen molar-refractivity contribution in [3.8, 4) is 5.75 Å². The van der Waals surface area contributed by atoms with E-state index in [4.69, 9.17) is 10.5 Å². The molecule has 0 atom stereocenters. The number of amides is 4. The first-order valence-electron chi connectivity index (χ1n) is 13.1. The topological polar surface area (TPSA) is 175 Å². The zero-order valence-electron chi connectivity index (χ0n) is 23.1.